The second kappa shape index (κ2) is 8.32. The van der Waals surface area contributed by atoms with Gasteiger partial charge in [-0.3, -0.25) is 15.2 Å². The van der Waals surface area contributed by atoms with Gasteiger partial charge in [-0.25, -0.2) is 8.42 Å². The molecular weight excluding hydrogens is 374 g/mol. The lowest BCUT2D eigenvalue weighted by molar-refractivity contribution is 0.0951. The van der Waals surface area contributed by atoms with E-state index < -0.39 is 10.0 Å². The number of nitrogens with zero attached hydrogens (tertiary/aromatic N) is 2. The van der Waals surface area contributed by atoms with Gasteiger partial charge in [0.2, 0.25) is 10.0 Å². The number of carbonyl (C=O) groups is 1. The number of hydrogen-bond acceptors (Lipinski definition) is 4. The van der Waals surface area contributed by atoms with Crippen LogP contribution in [0.3, 0.4) is 0 Å². The molecule has 1 aliphatic heterocycles. The zero-order valence-electron chi connectivity index (χ0n) is 16.5. The fourth-order valence-electron chi connectivity index (χ4n) is 3.66. The quantitative estimate of drug-likeness (QED) is 0.782. The Hall–Kier alpha value is -2.38. The van der Waals surface area contributed by atoms with Gasteiger partial charge >= 0.3 is 0 Å². The molecule has 1 N–H and O–H groups in total. The number of amides is 1. The van der Waals surface area contributed by atoms with Crippen molar-refractivity contribution in [1.82, 2.24) is 9.73 Å². The van der Waals surface area contributed by atoms with Crippen molar-refractivity contribution in [2.45, 2.75) is 25.2 Å². The van der Waals surface area contributed by atoms with E-state index in [1.54, 1.807) is 28.5 Å². The lowest BCUT2D eigenvalue weighted by Crippen LogP contribution is -2.42. The minimum Gasteiger partial charge on any atom is -0.288 e. The maximum Gasteiger partial charge on any atom is 0.269 e. The van der Waals surface area contributed by atoms with Crippen LogP contribution in [0.1, 0.15) is 30.6 Å². The Morgan fingerprint density at radius 2 is 1.57 bits per heavy atom. The molecule has 0 bridgehead atoms. The number of anilines is 1. The van der Waals surface area contributed by atoms with Gasteiger partial charge in [-0.2, -0.15) is 4.31 Å². The molecule has 1 amide bonds. The number of para-hydroxylation sites is 1. The molecule has 150 valence electrons. The molecule has 6 nitrogen and oxygen atoms in total. The number of hydrazine groups is 1. The van der Waals surface area contributed by atoms with Crippen LogP contribution in [-0.2, 0) is 10.0 Å². The van der Waals surface area contributed by atoms with Crippen LogP contribution in [-0.4, -0.2) is 38.8 Å². The van der Waals surface area contributed by atoms with Gasteiger partial charge in [0.1, 0.15) is 0 Å². The van der Waals surface area contributed by atoms with Gasteiger partial charge in [-0.05, 0) is 54.7 Å². The molecule has 3 rings (SSSR count). The van der Waals surface area contributed by atoms with Crippen LogP contribution in [0, 0.1) is 11.8 Å². The maximum absolute atomic E-state index is 12.9. The second-order valence-corrected chi connectivity index (χ2v) is 9.57. The van der Waals surface area contributed by atoms with Gasteiger partial charge in [0, 0.05) is 25.7 Å². The second-order valence-electron chi connectivity index (χ2n) is 7.63. The summed E-state index contributed by atoms with van der Waals surface area (Å²) in [7, 11) is -1.79. The normalized spacial score (nSPS) is 20.5. The van der Waals surface area contributed by atoms with Crippen LogP contribution < -0.4 is 10.4 Å². The van der Waals surface area contributed by atoms with E-state index >= 15 is 0 Å². The van der Waals surface area contributed by atoms with Crippen molar-refractivity contribution in [3.63, 3.8) is 0 Å². The topological polar surface area (TPSA) is 69.7 Å². The van der Waals surface area contributed by atoms with Crippen molar-refractivity contribution >= 4 is 21.6 Å². The standard InChI is InChI=1S/C21H27N3O3S/c1-16-13-17(2)15-24(14-16)28(26,27)20-11-9-18(10-12-20)21(25)22-23(3)19-7-5-4-6-8-19/h4-12,16-17H,13-15H2,1-3H3,(H,22,25)/t16-,17-/m1/s1. The maximum atomic E-state index is 12.9. The molecule has 0 saturated carbocycles. The summed E-state index contributed by atoms with van der Waals surface area (Å²) >= 11 is 0. The summed E-state index contributed by atoms with van der Waals surface area (Å²) in [6, 6.07) is 15.6. The van der Waals surface area contributed by atoms with E-state index in [1.165, 1.54) is 12.1 Å². The number of hydrogen-bond donors (Lipinski definition) is 1. The van der Waals surface area contributed by atoms with E-state index in [2.05, 4.69) is 19.3 Å². The van der Waals surface area contributed by atoms with Gasteiger partial charge in [0.05, 0.1) is 10.6 Å². The molecule has 2 aromatic rings. The third-order valence-corrected chi connectivity index (χ3v) is 6.85. The number of nitrogens with one attached hydrogen (secondary N) is 1. The Morgan fingerprint density at radius 1 is 1.00 bits per heavy atom. The Morgan fingerprint density at radius 3 is 2.14 bits per heavy atom. The van der Waals surface area contributed by atoms with Crippen LogP contribution in [0.5, 0.6) is 0 Å². The summed E-state index contributed by atoms with van der Waals surface area (Å²) in [5.41, 5.74) is 4.04. The zero-order chi connectivity index (χ0) is 20.3. The minimum atomic E-state index is -3.55. The van der Waals surface area contributed by atoms with Gasteiger partial charge in [-0.15, -0.1) is 0 Å². The van der Waals surface area contributed by atoms with Gasteiger partial charge in [0.25, 0.3) is 5.91 Å². The monoisotopic (exact) mass is 401 g/mol. The minimum absolute atomic E-state index is 0.224. The highest BCUT2D eigenvalue weighted by Crippen LogP contribution is 2.26. The predicted octanol–water partition coefficient (Wildman–Crippen LogP) is 3.13. The highest BCUT2D eigenvalue weighted by molar-refractivity contribution is 7.89. The van der Waals surface area contributed by atoms with Crippen molar-refractivity contribution < 1.29 is 13.2 Å². The molecule has 7 heteroatoms. The SMILES string of the molecule is C[C@@H]1C[C@@H](C)CN(S(=O)(=O)c2ccc(C(=O)NN(C)c3ccccc3)cc2)C1. The Bertz CT molecular complexity index is 904. The summed E-state index contributed by atoms with van der Waals surface area (Å²) in [6.07, 6.45) is 1.04. The first-order valence-corrected chi connectivity index (χ1v) is 10.9. The number of benzene rings is 2. The Kier molecular flexibility index (Phi) is 6.05. The van der Waals surface area contributed by atoms with Crippen LogP contribution >= 0.6 is 0 Å². The van der Waals surface area contributed by atoms with Crippen molar-refractivity contribution in [2.24, 2.45) is 11.8 Å². The Balaban J connectivity index is 1.71. The number of sulfonamides is 1. The smallest absolute Gasteiger partial charge is 0.269 e. The lowest BCUT2D eigenvalue weighted by atomic mass is 9.94. The van der Waals surface area contributed by atoms with Crippen molar-refractivity contribution in [3.05, 3.63) is 60.2 Å². The zero-order valence-corrected chi connectivity index (χ0v) is 17.3. The molecule has 28 heavy (non-hydrogen) atoms. The summed E-state index contributed by atoms with van der Waals surface area (Å²) < 4.78 is 27.4. The van der Waals surface area contributed by atoms with Gasteiger partial charge in [0.15, 0.2) is 0 Å². The molecule has 1 saturated heterocycles. The van der Waals surface area contributed by atoms with Gasteiger partial charge < -0.3 is 0 Å². The summed E-state index contributed by atoms with van der Waals surface area (Å²) in [5, 5.41) is 1.63. The first kappa shape index (κ1) is 20.4. The molecule has 0 aliphatic carbocycles. The van der Waals surface area contributed by atoms with Crippen LogP contribution in [0.4, 0.5) is 5.69 Å². The third kappa shape index (κ3) is 4.54. The average molecular weight is 402 g/mol. The fourth-order valence-corrected chi connectivity index (χ4v) is 5.34. The van der Waals surface area contributed by atoms with E-state index in [1.807, 2.05) is 30.3 Å². The van der Waals surface area contributed by atoms with Crippen molar-refractivity contribution in [3.8, 4) is 0 Å². The lowest BCUT2D eigenvalue weighted by Gasteiger charge is -2.34. The Labute approximate surface area is 167 Å². The molecule has 2 aromatic carbocycles. The van der Waals surface area contributed by atoms with Crippen molar-refractivity contribution in [1.29, 1.82) is 0 Å². The largest absolute Gasteiger partial charge is 0.288 e. The van der Waals surface area contributed by atoms with Crippen LogP contribution in [0.15, 0.2) is 59.5 Å². The van der Waals surface area contributed by atoms with E-state index in [4.69, 9.17) is 0 Å². The summed E-state index contributed by atoms with van der Waals surface area (Å²) in [4.78, 5) is 12.7. The van der Waals surface area contributed by atoms with Crippen LogP contribution in [0.25, 0.3) is 0 Å². The van der Waals surface area contributed by atoms with Crippen LogP contribution in [0.2, 0.25) is 0 Å². The first-order chi connectivity index (χ1) is 13.3. The fraction of sp³-hybridized carbons (Fsp3) is 0.381. The highest BCUT2D eigenvalue weighted by atomic mass is 32.2. The third-order valence-electron chi connectivity index (χ3n) is 5.00. The first-order valence-electron chi connectivity index (χ1n) is 9.47. The number of rotatable bonds is 5. The predicted molar refractivity (Wildman–Crippen MR) is 110 cm³/mol. The van der Waals surface area contributed by atoms with Gasteiger partial charge in [-0.1, -0.05) is 32.0 Å². The molecule has 1 aliphatic rings. The summed E-state index contributed by atoms with van der Waals surface area (Å²) in [5.74, 6) is 0.393. The molecule has 0 unspecified atom stereocenters. The van der Waals surface area contributed by atoms with Crippen molar-refractivity contribution in [2.75, 3.05) is 25.1 Å². The number of piperidine rings is 1. The van der Waals surface area contributed by atoms with E-state index in [-0.39, 0.29) is 10.8 Å². The highest BCUT2D eigenvalue weighted by Gasteiger charge is 2.31. The average Bonchev–Trinajstić information content (AvgIpc) is 2.68. The molecular formula is C21H27N3O3S. The number of carbonyl (C=O) groups excluding carboxylic acids is 1. The molecule has 2 atom stereocenters. The van der Waals surface area contributed by atoms with E-state index in [0.29, 0.717) is 30.5 Å². The summed E-state index contributed by atoms with van der Waals surface area (Å²) in [6.45, 7) is 5.23. The molecule has 1 heterocycles. The molecule has 1 fully saturated rings. The molecule has 0 radical (unpaired) electrons. The van der Waals surface area contributed by atoms with E-state index in [9.17, 15) is 13.2 Å². The molecule has 0 aromatic heterocycles. The molecule has 0 spiro atoms. The van der Waals surface area contributed by atoms with E-state index in [0.717, 1.165) is 12.1 Å².